The number of carbonyl (C=O) groups is 1. The van der Waals surface area contributed by atoms with Gasteiger partial charge in [-0.05, 0) is 33.4 Å². The number of amides is 2. The van der Waals surface area contributed by atoms with Crippen LogP contribution in [0, 0.1) is 5.41 Å². The molecule has 0 radical (unpaired) electrons. The van der Waals surface area contributed by atoms with E-state index in [-0.39, 0.29) is 17.6 Å². The van der Waals surface area contributed by atoms with Crippen LogP contribution in [0.3, 0.4) is 0 Å². The molecule has 6 nitrogen and oxygen atoms in total. The first kappa shape index (κ1) is 17.5. The second-order valence-corrected chi connectivity index (χ2v) is 7.07. The van der Waals surface area contributed by atoms with E-state index in [9.17, 15) is 4.79 Å². The van der Waals surface area contributed by atoms with E-state index < -0.39 is 0 Å². The Morgan fingerprint density at radius 1 is 1.36 bits per heavy atom. The predicted molar refractivity (Wildman–Crippen MR) is 86.1 cm³/mol. The fraction of sp³-hybridized carbons (Fsp3) is 0.938. The van der Waals surface area contributed by atoms with Crippen molar-refractivity contribution in [1.82, 2.24) is 14.7 Å². The molecule has 2 atom stereocenters. The van der Waals surface area contributed by atoms with Gasteiger partial charge in [0.1, 0.15) is 0 Å². The minimum Gasteiger partial charge on any atom is -0.379 e. The summed E-state index contributed by atoms with van der Waals surface area (Å²) in [7, 11) is 7.72. The summed E-state index contributed by atoms with van der Waals surface area (Å²) < 4.78 is 12.0. The lowest BCUT2D eigenvalue weighted by Gasteiger charge is -2.50. The van der Waals surface area contributed by atoms with Gasteiger partial charge in [0.2, 0.25) is 0 Å². The van der Waals surface area contributed by atoms with Gasteiger partial charge in [-0.25, -0.2) is 4.79 Å². The van der Waals surface area contributed by atoms with Crippen LogP contribution in [-0.4, -0.2) is 94.5 Å². The molecule has 0 bridgehead atoms. The molecular formula is C16H31N3O3. The zero-order chi connectivity index (χ0) is 16.2. The van der Waals surface area contributed by atoms with Crippen molar-refractivity contribution in [2.75, 3.05) is 67.6 Å². The number of nitrogens with zero attached hydrogens (tertiary/aromatic N) is 3. The largest absolute Gasteiger partial charge is 0.379 e. The summed E-state index contributed by atoms with van der Waals surface area (Å²) in [6.45, 7) is 4.69. The highest BCUT2D eigenvalue weighted by Crippen LogP contribution is 2.40. The van der Waals surface area contributed by atoms with Crippen LogP contribution in [0.4, 0.5) is 4.79 Å². The summed E-state index contributed by atoms with van der Waals surface area (Å²) in [5.41, 5.74) is -0.0333. The number of carbonyl (C=O) groups excluding carboxylic acids is 1. The number of fused-ring (bicyclic) bond motifs is 1. The molecule has 2 aliphatic rings. The van der Waals surface area contributed by atoms with E-state index in [1.165, 1.54) is 0 Å². The maximum atomic E-state index is 12.3. The third kappa shape index (κ3) is 4.12. The molecule has 0 N–H and O–H groups in total. The zero-order valence-electron chi connectivity index (χ0n) is 14.5. The number of likely N-dealkylation sites (tertiary alicyclic amines) is 1. The summed E-state index contributed by atoms with van der Waals surface area (Å²) in [4.78, 5) is 18.0. The third-order valence-corrected chi connectivity index (χ3v) is 4.71. The molecule has 0 spiro atoms. The van der Waals surface area contributed by atoms with E-state index in [1.807, 2.05) is 33.1 Å². The number of hydrogen-bond acceptors (Lipinski definition) is 4. The summed E-state index contributed by atoms with van der Waals surface area (Å²) in [5.74, 6) is 0. The van der Waals surface area contributed by atoms with Gasteiger partial charge in [-0.15, -0.1) is 0 Å². The van der Waals surface area contributed by atoms with Gasteiger partial charge in [-0.3, -0.25) is 0 Å². The molecular weight excluding hydrogens is 282 g/mol. The Labute approximate surface area is 134 Å². The van der Waals surface area contributed by atoms with Crippen LogP contribution in [0.1, 0.15) is 19.3 Å². The van der Waals surface area contributed by atoms with Gasteiger partial charge in [0.25, 0.3) is 0 Å². The Bertz CT molecular complexity index is 376. The van der Waals surface area contributed by atoms with E-state index in [2.05, 4.69) is 4.90 Å². The van der Waals surface area contributed by atoms with Crippen molar-refractivity contribution in [1.29, 1.82) is 0 Å². The number of piperidine rings is 1. The van der Waals surface area contributed by atoms with E-state index in [1.54, 1.807) is 4.90 Å². The zero-order valence-corrected chi connectivity index (χ0v) is 14.5. The minimum atomic E-state index is -0.0333. The maximum absolute atomic E-state index is 12.3. The van der Waals surface area contributed by atoms with Crippen LogP contribution in [0.15, 0.2) is 0 Å². The molecule has 2 rings (SSSR count). The average Bonchev–Trinajstić information content (AvgIpc) is 2.50. The van der Waals surface area contributed by atoms with Crippen molar-refractivity contribution in [3.8, 4) is 0 Å². The minimum absolute atomic E-state index is 0.0333. The van der Waals surface area contributed by atoms with Crippen LogP contribution >= 0.6 is 0 Å². The first-order valence-corrected chi connectivity index (χ1v) is 8.25. The Balaban J connectivity index is 1.99. The first-order valence-electron chi connectivity index (χ1n) is 8.25. The summed E-state index contributed by atoms with van der Waals surface area (Å²) in [5, 5.41) is 0. The summed E-state index contributed by atoms with van der Waals surface area (Å²) in [6, 6.07) is 0.0942. The van der Waals surface area contributed by atoms with Crippen LogP contribution in [0.25, 0.3) is 0 Å². The lowest BCUT2D eigenvalue weighted by atomic mass is 9.73. The molecule has 22 heavy (non-hydrogen) atoms. The molecule has 0 aromatic heterocycles. The number of likely N-dealkylation sites (N-methyl/N-ethyl adjacent to an activating group) is 1. The molecule has 0 aromatic carbocycles. The topological polar surface area (TPSA) is 45.3 Å². The Morgan fingerprint density at radius 2 is 2.14 bits per heavy atom. The van der Waals surface area contributed by atoms with E-state index >= 15 is 0 Å². The first-order chi connectivity index (χ1) is 10.4. The Morgan fingerprint density at radius 3 is 2.82 bits per heavy atom. The highest BCUT2D eigenvalue weighted by atomic mass is 16.5. The fourth-order valence-corrected chi connectivity index (χ4v) is 3.47. The number of urea groups is 1. The molecule has 0 unspecified atom stereocenters. The van der Waals surface area contributed by atoms with E-state index in [0.29, 0.717) is 6.61 Å². The molecule has 2 saturated heterocycles. The number of rotatable bonds is 5. The van der Waals surface area contributed by atoms with Gasteiger partial charge < -0.3 is 24.2 Å². The van der Waals surface area contributed by atoms with Gasteiger partial charge in [0.15, 0.2) is 0 Å². The fourth-order valence-electron chi connectivity index (χ4n) is 3.47. The third-order valence-electron chi connectivity index (χ3n) is 4.71. The van der Waals surface area contributed by atoms with Crippen molar-refractivity contribution in [2.45, 2.75) is 25.4 Å². The van der Waals surface area contributed by atoms with Gasteiger partial charge >= 0.3 is 6.03 Å². The van der Waals surface area contributed by atoms with Crippen LogP contribution in [0.5, 0.6) is 0 Å². The summed E-state index contributed by atoms with van der Waals surface area (Å²) in [6.07, 6.45) is 3.28. The molecule has 128 valence electrons. The average molecular weight is 313 g/mol. The lowest BCUT2D eigenvalue weighted by molar-refractivity contribution is -0.147. The van der Waals surface area contributed by atoms with Gasteiger partial charge in [0.05, 0.1) is 19.3 Å². The van der Waals surface area contributed by atoms with E-state index in [0.717, 1.165) is 52.1 Å². The second kappa shape index (κ2) is 7.62. The lowest BCUT2D eigenvalue weighted by Crippen LogP contribution is -2.59. The molecule has 0 saturated carbocycles. The summed E-state index contributed by atoms with van der Waals surface area (Å²) >= 11 is 0. The van der Waals surface area contributed by atoms with Crippen LogP contribution in [-0.2, 0) is 9.47 Å². The van der Waals surface area contributed by atoms with Crippen LogP contribution in [0.2, 0.25) is 0 Å². The second-order valence-electron chi connectivity index (χ2n) is 7.07. The van der Waals surface area contributed by atoms with Crippen molar-refractivity contribution in [2.24, 2.45) is 5.41 Å². The molecule has 2 amide bonds. The quantitative estimate of drug-likeness (QED) is 0.714. The molecule has 2 fully saturated rings. The smallest absolute Gasteiger partial charge is 0.319 e. The molecule has 2 aliphatic heterocycles. The normalized spacial score (nSPS) is 28.6. The van der Waals surface area contributed by atoms with Gasteiger partial charge in [-0.1, -0.05) is 0 Å². The van der Waals surface area contributed by atoms with Crippen molar-refractivity contribution >= 4 is 6.03 Å². The standard InChI is InChI=1S/C16H31N3O3/c1-17(2)9-11-21-13-16-7-5-10-22-14(16)6-8-19(12-16)15(20)18(3)4/h14H,5-13H2,1-4H3/t14-,16+/m0/s1. The highest BCUT2D eigenvalue weighted by Gasteiger charge is 2.47. The predicted octanol–water partition coefficient (Wildman–Crippen LogP) is 1.12. The van der Waals surface area contributed by atoms with Crippen molar-refractivity contribution < 1.29 is 14.3 Å². The van der Waals surface area contributed by atoms with E-state index in [4.69, 9.17) is 9.47 Å². The Hall–Kier alpha value is -0.850. The molecule has 0 aliphatic carbocycles. The monoisotopic (exact) mass is 313 g/mol. The Kier molecular flexibility index (Phi) is 6.06. The highest BCUT2D eigenvalue weighted by molar-refractivity contribution is 5.74. The maximum Gasteiger partial charge on any atom is 0.319 e. The van der Waals surface area contributed by atoms with Crippen molar-refractivity contribution in [3.63, 3.8) is 0 Å². The van der Waals surface area contributed by atoms with Gasteiger partial charge in [-0.2, -0.15) is 0 Å². The molecule has 6 heteroatoms. The van der Waals surface area contributed by atoms with Crippen LogP contribution < -0.4 is 0 Å². The van der Waals surface area contributed by atoms with Gasteiger partial charge in [0, 0.05) is 45.8 Å². The molecule has 0 aromatic rings. The van der Waals surface area contributed by atoms with Crippen molar-refractivity contribution in [3.05, 3.63) is 0 Å². The number of ether oxygens (including phenoxy) is 2. The molecule has 2 heterocycles. The SMILES string of the molecule is CN(C)CCOC[C@]12CCCO[C@H]1CCN(C(=O)N(C)C)C2. The number of hydrogen-bond donors (Lipinski definition) is 0.